The van der Waals surface area contributed by atoms with Gasteiger partial charge in [0.25, 0.3) is 0 Å². The van der Waals surface area contributed by atoms with Crippen LogP contribution in [0.4, 0.5) is 0 Å². The molecule has 0 spiro atoms. The Balaban J connectivity index is 2.33. The van der Waals surface area contributed by atoms with Crippen molar-refractivity contribution >= 4 is 22.1 Å². The van der Waals surface area contributed by atoms with Crippen molar-refractivity contribution in [2.75, 3.05) is 13.1 Å². The predicted octanol–water partition coefficient (Wildman–Crippen LogP) is -0.344. The summed E-state index contributed by atoms with van der Waals surface area (Å²) in [5.41, 5.74) is -0.627. The Kier molecular flexibility index (Phi) is 4.59. The summed E-state index contributed by atoms with van der Waals surface area (Å²) in [6, 6.07) is 11.0. The molecule has 1 aromatic carbocycles. The largest absolute Gasteiger partial charge is 0.275 e. The maximum atomic E-state index is 9.37. The lowest BCUT2D eigenvalue weighted by atomic mass is 10.1. The van der Waals surface area contributed by atoms with Gasteiger partial charge in [-0.3, -0.25) is 9.98 Å². The fourth-order valence-electron chi connectivity index (χ4n) is 3.08. The summed E-state index contributed by atoms with van der Waals surface area (Å²) in [6.07, 6.45) is 0. The summed E-state index contributed by atoms with van der Waals surface area (Å²) in [4.78, 5) is 25.5. The maximum Gasteiger partial charge on any atom is 0.177 e. The first kappa shape index (κ1) is 19.5. The van der Waals surface area contributed by atoms with E-state index in [-0.39, 0.29) is 79.8 Å². The van der Waals surface area contributed by atoms with Gasteiger partial charge in [0.2, 0.25) is 0 Å². The lowest BCUT2D eigenvalue weighted by molar-refractivity contribution is 0.987. The van der Waals surface area contributed by atoms with Crippen molar-refractivity contribution in [2.24, 2.45) is 9.98 Å². The Morgan fingerprint density at radius 2 is 0.750 bits per heavy atom. The van der Waals surface area contributed by atoms with Crippen molar-refractivity contribution in [2.45, 2.75) is 0 Å². The molecule has 0 aliphatic carbocycles. The van der Waals surface area contributed by atoms with E-state index in [2.05, 4.69) is 29.9 Å². The van der Waals surface area contributed by atoms with E-state index in [4.69, 9.17) is 0 Å². The standard InChI is InChI=1S/C20H4N12/c21-1-9-7-27-15-16(28-8-10(9)2-22)18-20(32-14(6-26)12(4-24)30-18)19-17(15)29-11(3-23)13(5-25)31-19/h7-8H2/b10-9-,27-15+,28-16+. The van der Waals surface area contributed by atoms with Crippen LogP contribution in [-0.2, 0) is 0 Å². The Hall–Kier alpha value is -5.82. The van der Waals surface area contributed by atoms with Crippen LogP contribution in [0.25, 0.3) is 22.1 Å². The van der Waals surface area contributed by atoms with Crippen LogP contribution in [0.2, 0.25) is 0 Å². The van der Waals surface area contributed by atoms with E-state index < -0.39 is 0 Å². The average molecular weight is 412 g/mol. The second-order valence-corrected chi connectivity index (χ2v) is 6.19. The Labute approximate surface area is 178 Å². The Morgan fingerprint density at radius 1 is 0.438 bits per heavy atom. The fourth-order valence-corrected chi connectivity index (χ4v) is 3.08. The van der Waals surface area contributed by atoms with Crippen molar-refractivity contribution in [3.63, 3.8) is 0 Å². The highest BCUT2D eigenvalue weighted by molar-refractivity contribution is 6.00. The minimum atomic E-state index is -0.266. The predicted molar refractivity (Wildman–Crippen MR) is 102 cm³/mol. The Bertz CT molecular complexity index is 1660. The van der Waals surface area contributed by atoms with Crippen LogP contribution in [0.3, 0.4) is 0 Å². The highest BCUT2D eigenvalue weighted by Gasteiger charge is 2.20. The molecule has 0 fully saturated rings. The number of nitrogens with zero attached hydrogens (tertiary/aromatic N) is 12. The molecule has 0 radical (unpaired) electrons. The van der Waals surface area contributed by atoms with Gasteiger partial charge in [0, 0.05) is 0 Å². The van der Waals surface area contributed by atoms with Gasteiger partial charge in [-0.15, -0.1) is 0 Å². The van der Waals surface area contributed by atoms with Gasteiger partial charge in [-0.25, -0.2) is 19.9 Å². The summed E-state index contributed by atoms with van der Waals surface area (Å²) < 4.78 is 0. The zero-order valence-corrected chi connectivity index (χ0v) is 15.8. The number of nitriles is 6. The molecule has 32 heavy (non-hydrogen) atoms. The lowest BCUT2D eigenvalue weighted by Crippen LogP contribution is -2.32. The highest BCUT2D eigenvalue weighted by Crippen LogP contribution is 2.19. The Morgan fingerprint density at radius 3 is 1.03 bits per heavy atom. The molecule has 0 saturated carbocycles. The first-order valence-electron chi connectivity index (χ1n) is 8.67. The number of fused-ring (bicyclic) bond motifs is 6. The lowest BCUT2D eigenvalue weighted by Gasteiger charge is -2.08. The fraction of sp³-hybridized carbons (Fsp3) is 0.100. The number of hydrogen-bond acceptors (Lipinski definition) is 12. The van der Waals surface area contributed by atoms with Crippen molar-refractivity contribution in [3.05, 3.63) is 44.6 Å². The summed E-state index contributed by atoms with van der Waals surface area (Å²) in [5, 5.41) is 56.4. The van der Waals surface area contributed by atoms with Crippen LogP contribution in [0.15, 0.2) is 21.1 Å². The molecule has 0 bridgehead atoms. The van der Waals surface area contributed by atoms with Gasteiger partial charge in [0.05, 0.1) is 36.4 Å². The van der Waals surface area contributed by atoms with Crippen LogP contribution in [0.5, 0.6) is 0 Å². The maximum absolute atomic E-state index is 9.37. The smallest absolute Gasteiger partial charge is 0.177 e. The topological polar surface area (TPSA) is 219 Å². The molecule has 2 aromatic heterocycles. The van der Waals surface area contributed by atoms with E-state index in [1.807, 2.05) is 12.1 Å². The van der Waals surface area contributed by atoms with Crippen molar-refractivity contribution in [1.82, 2.24) is 19.9 Å². The molecule has 0 amide bonds. The van der Waals surface area contributed by atoms with E-state index in [1.54, 1.807) is 24.3 Å². The van der Waals surface area contributed by atoms with Gasteiger partial charge in [-0.1, -0.05) is 0 Å². The quantitative estimate of drug-likeness (QED) is 0.437. The molecule has 3 heterocycles. The number of rotatable bonds is 0. The molecule has 144 valence electrons. The first-order valence-corrected chi connectivity index (χ1v) is 8.67. The summed E-state index contributed by atoms with van der Waals surface area (Å²) in [7, 11) is 0. The monoisotopic (exact) mass is 412 g/mol. The zero-order chi connectivity index (χ0) is 22.8. The second-order valence-electron chi connectivity index (χ2n) is 6.19. The number of benzene rings is 1. The van der Waals surface area contributed by atoms with Crippen molar-refractivity contribution < 1.29 is 0 Å². The van der Waals surface area contributed by atoms with E-state index in [0.717, 1.165) is 0 Å². The molecule has 0 N–H and O–H groups in total. The molecule has 3 aromatic rings. The SMILES string of the molecule is N#C/C1=C(\C#N)C/N=c2\c(c3nc(C#N)c(C#N)nc3c3nc(C#N)c(C#N)nc23)=N/C1. The molecule has 1 aliphatic heterocycles. The zero-order valence-electron chi connectivity index (χ0n) is 15.8. The van der Waals surface area contributed by atoms with Crippen LogP contribution in [-0.4, -0.2) is 33.0 Å². The molecule has 0 atom stereocenters. The molecule has 12 nitrogen and oxygen atoms in total. The molecule has 0 saturated heterocycles. The highest BCUT2D eigenvalue weighted by atomic mass is 14.9. The third-order valence-electron chi connectivity index (χ3n) is 4.54. The van der Waals surface area contributed by atoms with Gasteiger partial charge >= 0.3 is 0 Å². The molecular weight excluding hydrogens is 408 g/mol. The number of hydrogen-bond donors (Lipinski definition) is 0. The van der Waals surface area contributed by atoms with Gasteiger partial charge in [-0.05, 0) is 0 Å². The minimum Gasteiger partial charge on any atom is -0.275 e. The van der Waals surface area contributed by atoms with Crippen LogP contribution < -0.4 is 10.7 Å². The summed E-state index contributed by atoms with van der Waals surface area (Å²) in [5.74, 6) is 0. The van der Waals surface area contributed by atoms with Gasteiger partial charge in [-0.2, -0.15) is 31.6 Å². The molecule has 12 heteroatoms. The van der Waals surface area contributed by atoms with E-state index in [0.29, 0.717) is 0 Å². The normalized spacial score (nSPS) is 16.7. The average Bonchev–Trinajstić information content (AvgIpc) is 2.82. The van der Waals surface area contributed by atoms with Gasteiger partial charge in [0.15, 0.2) is 22.8 Å². The molecule has 1 aliphatic rings. The van der Waals surface area contributed by atoms with E-state index in [9.17, 15) is 31.6 Å². The third kappa shape index (κ3) is 2.79. The van der Waals surface area contributed by atoms with E-state index >= 15 is 0 Å². The van der Waals surface area contributed by atoms with Crippen LogP contribution >= 0.6 is 0 Å². The summed E-state index contributed by atoms with van der Waals surface area (Å²) >= 11 is 0. The minimum absolute atomic E-state index is 0.0327. The van der Waals surface area contributed by atoms with Crippen molar-refractivity contribution in [1.29, 1.82) is 31.6 Å². The van der Waals surface area contributed by atoms with E-state index in [1.165, 1.54) is 0 Å². The third-order valence-corrected chi connectivity index (χ3v) is 4.54. The van der Waals surface area contributed by atoms with Crippen LogP contribution in [0.1, 0.15) is 22.8 Å². The van der Waals surface area contributed by atoms with Crippen LogP contribution in [0, 0.1) is 68.0 Å². The summed E-state index contributed by atoms with van der Waals surface area (Å²) in [6.45, 7) is -0.332. The first-order chi connectivity index (χ1) is 15.6. The van der Waals surface area contributed by atoms with Gasteiger partial charge in [0.1, 0.15) is 57.1 Å². The number of aromatic nitrogens is 4. The molecular formula is C20H4N12. The van der Waals surface area contributed by atoms with Crippen molar-refractivity contribution in [3.8, 4) is 36.4 Å². The molecule has 4 rings (SSSR count). The molecule has 0 unspecified atom stereocenters. The second kappa shape index (κ2) is 7.54. The van der Waals surface area contributed by atoms with Gasteiger partial charge < -0.3 is 0 Å².